The summed E-state index contributed by atoms with van der Waals surface area (Å²) in [6.07, 6.45) is 5.11. The molecule has 6 heteroatoms. The number of carbonyl (C=O) groups is 2. The fourth-order valence-corrected chi connectivity index (χ4v) is 2.69. The highest BCUT2D eigenvalue weighted by Crippen LogP contribution is 2.17. The van der Waals surface area contributed by atoms with Gasteiger partial charge in [0.2, 0.25) is 0 Å². The van der Waals surface area contributed by atoms with Gasteiger partial charge in [0.25, 0.3) is 0 Å². The van der Waals surface area contributed by atoms with Gasteiger partial charge in [0.15, 0.2) is 0 Å². The lowest BCUT2D eigenvalue weighted by molar-refractivity contribution is -0.142. The van der Waals surface area contributed by atoms with Crippen LogP contribution in [0.2, 0.25) is 0 Å². The Kier molecular flexibility index (Phi) is 7.40. The predicted molar refractivity (Wildman–Crippen MR) is 77.5 cm³/mol. The zero-order valence-electron chi connectivity index (χ0n) is 11.1. The van der Waals surface area contributed by atoms with Crippen LogP contribution >= 0.6 is 11.8 Å². The maximum Gasteiger partial charge on any atom is 0.326 e. The number of carboxylic acid groups (broad SMARTS) is 1. The number of hydrogen-bond donors (Lipinski definition) is 2. The van der Waals surface area contributed by atoms with E-state index in [9.17, 15) is 14.7 Å². The summed E-state index contributed by atoms with van der Waals surface area (Å²) < 4.78 is 0. The van der Waals surface area contributed by atoms with E-state index in [2.05, 4.69) is 11.9 Å². The predicted octanol–water partition coefficient (Wildman–Crippen LogP) is 1.94. The first-order chi connectivity index (χ1) is 9.16. The van der Waals surface area contributed by atoms with E-state index in [0.717, 1.165) is 30.8 Å². The quantitative estimate of drug-likeness (QED) is 0.578. The second-order valence-corrected chi connectivity index (χ2v) is 5.64. The molecule has 0 aliphatic carbocycles. The van der Waals surface area contributed by atoms with Crippen LogP contribution in [-0.4, -0.2) is 52.6 Å². The molecule has 0 radical (unpaired) electrons. The van der Waals surface area contributed by atoms with Gasteiger partial charge in [-0.05, 0) is 12.8 Å². The Hall–Kier alpha value is -1.17. The van der Waals surface area contributed by atoms with Gasteiger partial charge in [0.1, 0.15) is 6.04 Å². The van der Waals surface area contributed by atoms with Crippen LogP contribution in [0.3, 0.4) is 0 Å². The van der Waals surface area contributed by atoms with Gasteiger partial charge in [-0.1, -0.05) is 18.9 Å². The molecule has 108 valence electrons. The fourth-order valence-electron chi connectivity index (χ4n) is 2.11. The van der Waals surface area contributed by atoms with Crippen LogP contribution < -0.4 is 5.32 Å². The van der Waals surface area contributed by atoms with Crippen LogP contribution in [0.15, 0.2) is 12.7 Å². The van der Waals surface area contributed by atoms with Gasteiger partial charge in [-0.15, -0.1) is 6.58 Å². The van der Waals surface area contributed by atoms with Crippen molar-refractivity contribution in [3.05, 3.63) is 12.7 Å². The summed E-state index contributed by atoms with van der Waals surface area (Å²) in [6.45, 7) is 4.71. The summed E-state index contributed by atoms with van der Waals surface area (Å²) in [5, 5.41) is 12.0. The molecule has 0 aromatic heterocycles. The van der Waals surface area contributed by atoms with Crippen molar-refractivity contribution in [1.29, 1.82) is 0 Å². The Labute approximate surface area is 118 Å². The number of nitrogens with zero attached hydrogens (tertiary/aromatic N) is 1. The molecular weight excluding hydrogens is 264 g/mol. The highest BCUT2D eigenvalue weighted by molar-refractivity contribution is 7.99. The molecular formula is C13H22N2O3S. The number of nitrogens with one attached hydrogen (secondary N) is 1. The summed E-state index contributed by atoms with van der Waals surface area (Å²) in [6, 6.07) is -0.933. The topological polar surface area (TPSA) is 69.6 Å². The number of rotatable bonds is 6. The van der Waals surface area contributed by atoms with Gasteiger partial charge >= 0.3 is 12.0 Å². The molecule has 5 nitrogen and oxygen atoms in total. The van der Waals surface area contributed by atoms with Crippen molar-refractivity contribution in [2.24, 2.45) is 0 Å². The minimum Gasteiger partial charge on any atom is -0.480 e. The average molecular weight is 286 g/mol. The number of carboxylic acids is 1. The summed E-state index contributed by atoms with van der Waals surface area (Å²) in [5.74, 6) is 0.763. The van der Waals surface area contributed by atoms with Gasteiger partial charge in [0.05, 0.1) is 0 Å². The minimum atomic E-state index is -0.905. The highest BCUT2D eigenvalue weighted by atomic mass is 32.2. The molecule has 1 aliphatic heterocycles. The van der Waals surface area contributed by atoms with Crippen molar-refractivity contribution < 1.29 is 14.7 Å². The molecule has 1 fully saturated rings. The number of hydrogen-bond acceptors (Lipinski definition) is 3. The van der Waals surface area contributed by atoms with Crippen LogP contribution in [0.25, 0.3) is 0 Å². The maximum absolute atomic E-state index is 12.0. The van der Waals surface area contributed by atoms with Crippen LogP contribution in [0.4, 0.5) is 4.79 Å². The summed E-state index contributed by atoms with van der Waals surface area (Å²) in [7, 11) is 0. The smallest absolute Gasteiger partial charge is 0.326 e. The van der Waals surface area contributed by atoms with E-state index in [0.29, 0.717) is 19.5 Å². The summed E-state index contributed by atoms with van der Waals surface area (Å²) in [4.78, 5) is 24.7. The molecule has 0 bridgehead atoms. The molecule has 0 aromatic rings. The van der Waals surface area contributed by atoms with Gasteiger partial charge in [0, 0.05) is 24.6 Å². The number of aliphatic carboxylic acids is 1. The van der Waals surface area contributed by atoms with E-state index >= 15 is 0 Å². The van der Waals surface area contributed by atoms with Crippen LogP contribution in [0.5, 0.6) is 0 Å². The summed E-state index contributed by atoms with van der Waals surface area (Å²) in [5.41, 5.74) is 0. The van der Waals surface area contributed by atoms with Crippen LogP contribution in [0.1, 0.15) is 25.7 Å². The van der Waals surface area contributed by atoms with Crippen molar-refractivity contribution in [1.82, 2.24) is 10.2 Å². The number of thioether (sulfide) groups is 1. The lowest BCUT2D eigenvalue weighted by atomic mass is 10.1. The first-order valence-electron chi connectivity index (χ1n) is 6.62. The minimum absolute atomic E-state index is 0.256. The molecule has 0 saturated carbocycles. The van der Waals surface area contributed by atoms with E-state index in [1.54, 1.807) is 11.8 Å². The molecule has 19 heavy (non-hydrogen) atoms. The zero-order chi connectivity index (χ0) is 14.1. The standard InChI is InChI=1S/C13H22N2O3S/c1-2-9-19-10-7-14-13(18)15-8-5-3-4-6-11(15)12(16)17/h2,11H,1,3-10H2,(H,14,18)(H,16,17). The number of urea groups is 1. The lowest BCUT2D eigenvalue weighted by Gasteiger charge is -2.27. The first kappa shape index (κ1) is 15.9. The molecule has 1 saturated heterocycles. The van der Waals surface area contributed by atoms with Crippen molar-refractivity contribution in [2.75, 3.05) is 24.6 Å². The van der Waals surface area contributed by atoms with E-state index in [1.807, 2.05) is 6.08 Å². The fraction of sp³-hybridized carbons (Fsp3) is 0.692. The van der Waals surface area contributed by atoms with Gasteiger partial charge < -0.3 is 15.3 Å². The third-order valence-corrected chi connectivity index (χ3v) is 4.02. The molecule has 0 aromatic carbocycles. The largest absolute Gasteiger partial charge is 0.480 e. The Morgan fingerprint density at radius 2 is 2.21 bits per heavy atom. The Bertz CT molecular complexity index is 323. The lowest BCUT2D eigenvalue weighted by Crippen LogP contribution is -2.49. The molecule has 2 amide bonds. The van der Waals surface area contributed by atoms with Crippen LogP contribution in [0, 0.1) is 0 Å². The summed E-state index contributed by atoms with van der Waals surface area (Å²) >= 11 is 1.69. The monoisotopic (exact) mass is 286 g/mol. The maximum atomic E-state index is 12.0. The van der Waals surface area contributed by atoms with Crippen molar-refractivity contribution in [3.8, 4) is 0 Å². The molecule has 1 unspecified atom stereocenters. The third-order valence-electron chi connectivity index (χ3n) is 3.06. The third kappa shape index (κ3) is 5.55. The first-order valence-corrected chi connectivity index (χ1v) is 7.78. The van der Waals surface area contributed by atoms with E-state index in [1.165, 1.54) is 4.90 Å². The number of likely N-dealkylation sites (tertiary alicyclic amines) is 1. The van der Waals surface area contributed by atoms with Crippen molar-refractivity contribution in [2.45, 2.75) is 31.7 Å². The molecule has 1 heterocycles. The van der Waals surface area contributed by atoms with Gasteiger partial charge in [-0.2, -0.15) is 11.8 Å². The van der Waals surface area contributed by atoms with E-state index < -0.39 is 12.0 Å². The van der Waals surface area contributed by atoms with Gasteiger partial charge in [-0.3, -0.25) is 0 Å². The number of amides is 2. The number of carbonyl (C=O) groups excluding carboxylic acids is 1. The van der Waals surface area contributed by atoms with Crippen molar-refractivity contribution >= 4 is 23.8 Å². The second-order valence-electron chi connectivity index (χ2n) is 4.49. The van der Waals surface area contributed by atoms with E-state index in [4.69, 9.17) is 0 Å². The second kappa shape index (κ2) is 8.85. The highest BCUT2D eigenvalue weighted by Gasteiger charge is 2.30. The van der Waals surface area contributed by atoms with E-state index in [-0.39, 0.29) is 6.03 Å². The molecule has 1 aliphatic rings. The average Bonchev–Trinajstić information content (AvgIpc) is 2.63. The molecule has 2 N–H and O–H groups in total. The SMILES string of the molecule is C=CCSCCNC(=O)N1CCCCCC1C(=O)O. The Morgan fingerprint density at radius 3 is 2.89 bits per heavy atom. The zero-order valence-corrected chi connectivity index (χ0v) is 12.0. The Morgan fingerprint density at radius 1 is 1.42 bits per heavy atom. The van der Waals surface area contributed by atoms with Crippen LogP contribution in [-0.2, 0) is 4.79 Å². The van der Waals surface area contributed by atoms with Gasteiger partial charge in [-0.25, -0.2) is 9.59 Å². The van der Waals surface area contributed by atoms with Crippen molar-refractivity contribution in [3.63, 3.8) is 0 Å². The Balaban J connectivity index is 2.42. The normalized spacial score (nSPS) is 19.6. The molecule has 0 spiro atoms. The molecule has 1 rings (SSSR count). The molecule has 1 atom stereocenters.